The van der Waals surface area contributed by atoms with Crippen molar-refractivity contribution in [2.75, 3.05) is 13.2 Å². The van der Waals surface area contributed by atoms with Crippen molar-refractivity contribution in [3.63, 3.8) is 0 Å². The van der Waals surface area contributed by atoms with Crippen LogP contribution in [0.4, 0.5) is 13.2 Å². The van der Waals surface area contributed by atoms with E-state index in [9.17, 15) is 18.0 Å². The maximum atomic E-state index is 12.9. The van der Waals surface area contributed by atoms with E-state index >= 15 is 0 Å². The van der Waals surface area contributed by atoms with Crippen LogP contribution in [0.5, 0.6) is 11.5 Å². The number of nitrogens with one attached hydrogen (secondary N) is 1. The third-order valence-electron chi connectivity index (χ3n) is 4.22. The molecule has 3 heterocycles. The molecular formula is C18H15F3N4O3. The minimum Gasteiger partial charge on any atom is -0.486 e. The lowest BCUT2D eigenvalue weighted by molar-refractivity contribution is -0.137. The van der Waals surface area contributed by atoms with Gasteiger partial charge < -0.3 is 14.8 Å². The van der Waals surface area contributed by atoms with Crippen LogP contribution < -0.4 is 14.8 Å². The third-order valence-corrected chi connectivity index (χ3v) is 4.22. The highest BCUT2D eigenvalue weighted by Gasteiger charge is 2.31. The van der Waals surface area contributed by atoms with Gasteiger partial charge in [-0.2, -0.15) is 13.2 Å². The highest BCUT2D eigenvalue weighted by atomic mass is 19.4. The molecule has 0 atom stereocenters. The van der Waals surface area contributed by atoms with Gasteiger partial charge in [-0.1, -0.05) is 6.07 Å². The van der Waals surface area contributed by atoms with Crippen LogP contribution >= 0.6 is 0 Å². The van der Waals surface area contributed by atoms with Crippen molar-refractivity contribution in [3.05, 3.63) is 53.5 Å². The second kappa shape index (κ2) is 7.02. The second-order valence-electron chi connectivity index (χ2n) is 6.19. The minimum absolute atomic E-state index is 0.0497. The van der Waals surface area contributed by atoms with E-state index in [2.05, 4.69) is 15.5 Å². The van der Waals surface area contributed by atoms with Crippen molar-refractivity contribution in [1.82, 2.24) is 19.9 Å². The Morgan fingerprint density at radius 1 is 1.11 bits per heavy atom. The van der Waals surface area contributed by atoms with Crippen LogP contribution in [0.2, 0.25) is 0 Å². The molecule has 0 unspecified atom stereocenters. The molecule has 7 nitrogen and oxygen atoms in total. The number of benzene rings is 1. The van der Waals surface area contributed by atoms with E-state index in [0.717, 1.165) is 17.8 Å². The summed E-state index contributed by atoms with van der Waals surface area (Å²) in [5.74, 6) is 1.11. The molecule has 0 aliphatic carbocycles. The maximum Gasteiger partial charge on any atom is 0.417 e. The zero-order valence-corrected chi connectivity index (χ0v) is 14.5. The largest absolute Gasteiger partial charge is 0.486 e. The molecule has 2 aromatic heterocycles. The van der Waals surface area contributed by atoms with Crippen LogP contribution in [0.1, 0.15) is 17.0 Å². The fraction of sp³-hybridized carbons (Fsp3) is 0.278. The van der Waals surface area contributed by atoms with Crippen molar-refractivity contribution < 1.29 is 27.4 Å². The summed E-state index contributed by atoms with van der Waals surface area (Å²) < 4.78 is 50.8. The molecule has 1 amide bonds. The number of hydrogen-bond donors (Lipinski definition) is 1. The van der Waals surface area contributed by atoms with Gasteiger partial charge in [0.15, 0.2) is 23.0 Å². The number of pyridine rings is 1. The van der Waals surface area contributed by atoms with Crippen molar-refractivity contribution in [2.24, 2.45) is 0 Å². The lowest BCUT2D eigenvalue weighted by Gasteiger charge is -2.18. The van der Waals surface area contributed by atoms with Crippen LogP contribution in [0.15, 0.2) is 36.5 Å². The number of carbonyl (C=O) groups excluding carboxylic acids is 1. The summed E-state index contributed by atoms with van der Waals surface area (Å²) >= 11 is 0. The number of rotatable bonds is 4. The fourth-order valence-corrected chi connectivity index (χ4v) is 2.85. The molecule has 1 aliphatic heterocycles. The molecule has 0 fully saturated rings. The van der Waals surface area contributed by atoms with Gasteiger partial charge in [-0.3, -0.25) is 9.20 Å². The third kappa shape index (κ3) is 3.71. The molecule has 0 radical (unpaired) electrons. The highest BCUT2D eigenvalue weighted by Crippen LogP contribution is 2.31. The van der Waals surface area contributed by atoms with Gasteiger partial charge >= 0.3 is 6.18 Å². The van der Waals surface area contributed by atoms with Gasteiger partial charge in [0.05, 0.1) is 18.5 Å². The van der Waals surface area contributed by atoms with Crippen molar-refractivity contribution in [1.29, 1.82) is 0 Å². The monoisotopic (exact) mass is 392 g/mol. The molecule has 0 saturated heterocycles. The normalized spacial score (nSPS) is 13.5. The van der Waals surface area contributed by atoms with Crippen LogP contribution in [-0.4, -0.2) is 33.7 Å². The predicted molar refractivity (Wildman–Crippen MR) is 91.0 cm³/mol. The molecule has 1 aromatic carbocycles. The number of halogens is 3. The molecular weight excluding hydrogens is 377 g/mol. The Morgan fingerprint density at radius 3 is 2.68 bits per heavy atom. The molecule has 10 heteroatoms. The smallest absolute Gasteiger partial charge is 0.417 e. The molecule has 4 rings (SSSR count). The quantitative estimate of drug-likeness (QED) is 0.738. The Hall–Kier alpha value is -3.30. The topological polar surface area (TPSA) is 77.8 Å². The standard InChI is InChI=1S/C18H15F3N4O3/c19-18(20,21)12-2-4-15-23-24-16(25(15)10-12)9-22-17(26)8-11-1-3-13-14(7-11)28-6-5-27-13/h1-4,7,10H,5-6,8-9H2,(H,22,26). The number of aromatic nitrogens is 3. The van der Waals surface area contributed by atoms with Crippen LogP contribution in [0, 0.1) is 0 Å². The average molecular weight is 392 g/mol. The summed E-state index contributed by atoms with van der Waals surface area (Å²) in [4.78, 5) is 12.2. The van der Waals surface area contributed by atoms with Gasteiger partial charge in [-0.25, -0.2) is 0 Å². The van der Waals surface area contributed by atoms with E-state index in [4.69, 9.17) is 9.47 Å². The number of nitrogens with zero attached hydrogens (tertiary/aromatic N) is 3. The van der Waals surface area contributed by atoms with E-state index < -0.39 is 11.7 Å². The number of alkyl halides is 3. The maximum absolute atomic E-state index is 12.9. The first kappa shape index (κ1) is 18.1. The minimum atomic E-state index is -4.47. The zero-order valence-electron chi connectivity index (χ0n) is 14.5. The number of carbonyl (C=O) groups is 1. The molecule has 1 N–H and O–H groups in total. The summed E-state index contributed by atoms with van der Waals surface area (Å²) in [7, 11) is 0. The summed E-state index contributed by atoms with van der Waals surface area (Å²) in [6.45, 7) is 0.879. The summed E-state index contributed by atoms with van der Waals surface area (Å²) in [6.07, 6.45) is -3.48. The number of amides is 1. The van der Waals surface area contributed by atoms with E-state index in [1.807, 2.05) is 0 Å². The van der Waals surface area contributed by atoms with Crippen LogP contribution in [0.3, 0.4) is 0 Å². The first-order valence-electron chi connectivity index (χ1n) is 8.46. The molecule has 0 saturated carbocycles. The van der Waals surface area contributed by atoms with Gasteiger partial charge in [0.1, 0.15) is 13.2 Å². The van der Waals surface area contributed by atoms with Gasteiger partial charge in [-0.15, -0.1) is 10.2 Å². The SMILES string of the molecule is O=C(Cc1ccc2c(c1)OCCO2)NCc1nnc2ccc(C(F)(F)F)cn12. The molecule has 0 bridgehead atoms. The fourth-order valence-electron chi connectivity index (χ4n) is 2.85. The Morgan fingerprint density at radius 2 is 1.89 bits per heavy atom. The molecule has 1 aliphatic rings. The highest BCUT2D eigenvalue weighted by molar-refractivity contribution is 5.78. The summed E-state index contributed by atoms with van der Waals surface area (Å²) in [5, 5.41) is 10.3. The number of ether oxygens (including phenoxy) is 2. The van der Waals surface area contributed by atoms with E-state index in [0.29, 0.717) is 24.7 Å². The summed E-state index contributed by atoms with van der Waals surface area (Å²) in [5.41, 5.74) is 0.181. The molecule has 0 spiro atoms. The van der Waals surface area contributed by atoms with Gasteiger partial charge in [0.2, 0.25) is 5.91 Å². The zero-order chi connectivity index (χ0) is 19.7. The first-order valence-corrected chi connectivity index (χ1v) is 8.46. The lowest BCUT2D eigenvalue weighted by atomic mass is 10.1. The Balaban J connectivity index is 1.43. The van der Waals surface area contributed by atoms with Crippen molar-refractivity contribution in [2.45, 2.75) is 19.1 Å². The van der Waals surface area contributed by atoms with E-state index in [1.165, 1.54) is 10.5 Å². The summed E-state index contributed by atoms with van der Waals surface area (Å²) in [6, 6.07) is 7.40. The van der Waals surface area contributed by atoms with Crippen molar-refractivity contribution in [3.8, 4) is 11.5 Å². The van der Waals surface area contributed by atoms with Crippen molar-refractivity contribution >= 4 is 11.6 Å². The van der Waals surface area contributed by atoms with Gasteiger partial charge in [-0.05, 0) is 29.8 Å². The van der Waals surface area contributed by atoms with E-state index in [1.54, 1.807) is 18.2 Å². The van der Waals surface area contributed by atoms with Crippen LogP contribution in [-0.2, 0) is 23.9 Å². The second-order valence-corrected chi connectivity index (χ2v) is 6.19. The molecule has 3 aromatic rings. The number of fused-ring (bicyclic) bond motifs is 2. The van der Waals surface area contributed by atoms with E-state index in [-0.39, 0.29) is 30.3 Å². The Bertz CT molecular complexity index is 1030. The number of hydrogen-bond acceptors (Lipinski definition) is 5. The molecule has 146 valence electrons. The Kier molecular flexibility index (Phi) is 4.54. The predicted octanol–water partition coefficient (Wildman–Crippen LogP) is 2.38. The first-order chi connectivity index (χ1) is 13.4. The van der Waals surface area contributed by atoms with Crippen LogP contribution in [0.25, 0.3) is 5.65 Å². The molecule has 28 heavy (non-hydrogen) atoms. The van der Waals surface area contributed by atoms with Gasteiger partial charge in [0.25, 0.3) is 0 Å². The lowest BCUT2D eigenvalue weighted by Crippen LogP contribution is -2.26. The van der Waals surface area contributed by atoms with Gasteiger partial charge in [0, 0.05) is 6.20 Å². The average Bonchev–Trinajstić information content (AvgIpc) is 3.08. The Labute approximate surface area is 157 Å².